The van der Waals surface area contributed by atoms with Gasteiger partial charge in [-0.05, 0) is 55.7 Å². The Kier molecular flexibility index (Phi) is 5.43. The second kappa shape index (κ2) is 6.92. The summed E-state index contributed by atoms with van der Waals surface area (Å²) in [6, 6.07) is 0. The number of unbranched alkanes of at least 4 members (excludes halogenated alkanes) is 1. The van der Waals surface area contributed by atoms with Crippen molar-refractivity contribution in [2.75, 3.05) is 26.0 Å². The van der Waals surface area contributed by atoms with Gasteiger partial charge in [-0.25, -0.2) is 4.68 Å². The van der Waals surface area contributed by atoms with Crippen LogP contribution in [0.15, 0.2) is 15.5 Å². The van der Waals surface area contributed by atoms with Crippen LogP contribution in [-0.4, -0.2) is 40.9 Å². The van der Waals surface area contributed by atoms with Crippen LogP contribution in [0.3, 0.4) is 0 Å². The summed E-state index contributed by atoms with van der Waals surface area (Å²) in [6.07, 6.45) is 7.45. The van der Waals surface area contributed by atoms with Gasteiger partial charge < -0.3 is 10.2 Å². The van der Waals surface area contributed by atoms with Crippen LogP contribution < -0.4 is 10.9 Å². The van der Waals surface area contributed by atoms with Crippen LogP contribution in [0.1, 0.15) is 39.0 Å². The van der Waals surface area contributed by atoms with Crippen LogP contribution in [0.5, 0.6) is 0 Å². The Hall–Kier alpha value is -0.880. The van der Waals surface area contributed by atoms with Crippen molar-refractivity contribution in [2.24, 2.45) is 0 Å². The van der Waals surface area contributed by atoms with Gasteiger partial charge in [-0.2, -0.15) is 5.10 Å². The highest BCUT2D eigenvalue weighted by Gasteiger charge is 2.38. The molecule has 0 bridgehead atoms. The van der Waals surface area contributed by atoms with Gasteiger partial charge in [0.2, 0.25) is 0 Å². The van der Waals surface area contributed by atoms with E-state index >= 15 is 0 Å². The van der Waals surface area contributed by atoms with E-state index in [2.05, 4.69) is 52.3 Å². The molecule has 21 heavy (non-hydrogen) atoms. The number of anilines is 1. The van der Waals surface area contributed by atoms with Crippen molar-refractivity contribution in [3.05, 3.63) is 21.0 Å². The molecule has 0 saturated heterocycles. The van der Waals surface area contributed by atoms with Gasteiger partial charge in [-0.3, -0.25) is 4.79 Å². The molecule has 0 amide bonds. The lowest BCUT2D eigenvalue weighted by Crippen LogP contribution is -2.54. The number of nitrogens with one attached hydrogen (secondary N) is 1. The molecule has 1 N–H and O–H groups in total. The lowest BCUT2D eigenvalue weighted by atomic mass is 9.75. The number of rotatable bonds is 7. The van der Waals surface area contributed by atoms with Crippen LogP contribution in [0.4, 0.5) is 5.69 Å². The normalized spacial score (nSPS) is 16.8. The molecule has 0 aliphatic heterocycles. The summed E-state index contributed by atoms with van der Waals surface area (Å²) < 4.78 is 2.12. The van der Waals surface area contributed by atoms with Crippen LogP contribution in [0.25, 0.3) is 0 Å². The number of nitrogens with zero attached hydrogens (tertiary/aromatic N) is 3. The van der Waals surface area contributed by atoms with Gasteiger partial charge in [0.1, 0.15) is 4.47 Å². The van der Waals surface area contributed by atoms with Crippen LogP contribution >= 0.6 is 15.9 Å². The standard InChI is InChI=1S/C15H25BrN4O/c1-4-5-9-20-14(21)13(16)12(10-18-20)17-11-15(19(2)3)7-6-8-15/h10,17H,4-9,11H2,1-3H3. The minimum absolute atomic E-state index is 0.0547. The second-order valence-electron chi connectivity index (χ2n) is 6.08. The minimum atomic E-state index is -0.0547. The average molecular weight is 357 g/mol. The van der Waals surface area contributed by atoms with Crippen molar-refractivity contribution < 1.29 is 0 Å². The predicted molar refractivity (Wildman–Crippen MR) is 89.9 cm³/mol. The molecule has 1 aliphatic rings. The van der Waals surface area contributed by atoms with E-state index < -0.39 is 0 Å². The van der Waals surface area contributed by atoms with E-state index in [1.54, 1.807) is 6.20 Å². The molecule has 0 atom stereocenters. The van der Waals surface area contributed by atoms with Gasteiger partial charge >= 0.3 is 0 Å². The Labute approximate surface area is 134 Å². The van der Waals surface area contributed by atoms with E-state index in [1.807, 2.05) is 0 Å². The predicted octanol–water partition coefficient (Wildman–Crippen LogP) is 2.70. The highest BCUT2D eigenvalue weighted by atomic mass is 79.9. The van der Waals surface area contributed by atoms with Crippen molar-refractivity contribution in [3.8, 4) is 0 Å². The molecule has 118 valence electrons. The first-order chi connectivity index (χ1) is 10.00. The lowest BCUT2D eigenvalue weighted by molar-refractivity contribution is 0.0739. The number of aryl methyl sites for hydroxylation is 1. The van der Waals surface area contributed by atoms with Crippen LogP contribution in [0, 0.1) is 0 Å². The van der Waals surface area contributed by atoms with Crippen molar-refractivity contribution in [3.63, 3.8) is 0 Å². The Morgan fingerprint density at radius 1 is 1.48 bits per heavy atom. The van der Waals surface area contributed by atoms with Crippen molar-refractivity contribution in [1.29, 1.82) is 0 Å². The Bertz CT molecular complexity index is 537. The average Bonchev–Trinajstić information content (AvgIpc) is 2.40. The molecule has 2 rings (SSSR count). The molecule has 0 aromatic carbocycles. The van der Waals surface area contributed by atoms with Crippen LogP contribution in [0.2, 0.25) is 0 Å². The fourth-order valence-corrected chi connectivity index (χ4v) is 3.13. The molecule has 1 aliphatic carbocycles. The molecular weight excluding hydrogens is 332 g/mol. The molecule has 1 heterocycles. The van der Waals surface area contributed by atoms with E-state index in [0.29, 0.717) is 11.0 Å². The largest absolute Gasteiger partial charge is 0.381 e. The molecule has 6 heteroatoms. The third-order valence-corrected chi connectivity index (χ3v) is 5.32. The Morgan fingerprint density at radius 3 is 2.71 bits per heavy atom. The van der Waals surface area contributed by atoms with Crippen molar-refractivity contribution in [1.82, 2.24) is 14.7 Å². The quantitative estimate of drug-likeness (QED) is 0.815. The number of hydrogen-bond donors (Lipinski definition) is 1. The summed E-state index contributed by atoms with van der Waals surface area (Å²) in [5, 5.41) is 7.66. The highest BCUT2D eigenvalue weighted by Crippen LogP contribution is 2.36. The first-order valence-electron chi connectivity index (χ1n) is 7.67. The zero-order chi connectivity index (χ0) is 15.5. The monoisotopic (exact) mass is 356 g/mol. The number of likely N-dealkylation sites (N-methyl/N-ethyl adjacent to an activating group) is 1. The Morgan fingerprint density at radius 2 is 2.19 bits per heavy atom. The highest BCUT2D eigenvalue weighted by molar-refractivity contribution is 9.10. The molecule has 0 radical (unpaired) electrons. The zero-order valence-corrected chi connectivity index (χ0v) is 14.7. The fourth-order valence-electron chi connectivity index (χ4n) is 2.68. The number of halogens is 1. The van der Waals surface area contributed by atoms with Crippen LogP contribution in [-0.2, 0) is 6.54 Å². The van der Waals surface area contributed by atoms with Crippen molar-refractivity contribution in [2.45, 2.75) is 51.1 Å². The summed E-state index contributed by atoms with van der Waals surface area (Å²) in [6.45, 7) is 3.63. The summed E-state index contributed by atoms with van der Waals surface area (Å²) >= 11 is 3.42. The maximum atomic E-state index is 12.2. The van der Waals surface area contributed by atoms with E-state index in [9.17, 15) is 4.79 Å². The van der Waals surface area contributed by atoms with E-state index in [-0.39, 0.29) is 11.1 Å². The number of aromatic nitrogens is 2. The van der Waals surface area contributed by atoms with Crippen molar-refractivity contribution >= 4 is 21.6 Å². The van der Waals surface area contributed by atoms with E-state index in [4.69, 9.17) is 0 Å². The van der Waals surface area contributed by atoms with E-state index in [1.165, 1.54) is 23.9 Å². The first kappa shape index (κ1) is 16.5. The molecule has 1 saturated carbocycles. The number of hydrogen-bond acceptors (Lipinski definition) is 4. The topological polar surface area (TPSA) is 50.2 Å². The third-order valence-electron chi connectivity index (χ3n) is 4.55. The van der Waals surface area contributed by atoms with Gasteiger partial charge in [-0.1, -0.05) is 13.3 Å². The lowest BCUT2D eigenvalue weighted by Gasteiger charge is -2.47. The molecule has 0 spiro atoms. The second-order valence-corrected chi connectivity index (χ2v) is 6.87. The maximum absolute atomic E-state index is 12.2. The Balaban J connectivity index is 2.07. The molecule has 5 nitrogen and oxygen atoms in total. The summed E-state index contributed by atoms with van der Waals surface area (Å²) in [5.41, 5.74) is 0.957. The summed E-state index contributed by atoms with van der Waals surface area (Å²) in [4.78, 5) is 14.5. The maximum Gasteiger partial charge on any atom is 0.283 e. The molecule has 1 aromatic rings. The van der Waals surface area contributed by atoms with Gasteiger partial charge in [0.05, 0.1) is 11.9 Å². The minimum Gasteiger partial charge on any atom is -0.381 e. The van der Waals surface area contributed by atoms with Gasteiger partial charge in [-0.15, -0.1) is 0 Å². The van der Waals surface area contributed by atoms with E-state index in [0.717, 1.165) is 25.1 Å². The SMILES string of the molecule is CCCCn1ncc(NCC2(N(C)C)CCC2)c(Br)c1=O. The third kappa shape index (κ3) is 3.48. The molecular formula is C15H25BrN4O. The summed E-state index contributed by atoms with van der Waals surface area (Å²) in [7, 11) is 4.24. The molecule has 1 fully saturated rings. The van der Waals surface area contributed by atoms with Gasteiger partial charge in [0, 0.05) is 18.6 Å². The van der Waals surface area contributed by atoms with Gasteiger partial charge in [0.25, 0.3) is 5.56 Å². The zero-order valence-electron chi connectivity index (χ0n) is 13.2. The molecule has 1 aromatic heterocycles. The smallest absolute Gasteiger partial charge is 0.283 e. The summed E-state index contributed by atoms with van der Waals surface area (Å²) in [5.74, 6) is 0. The molecule has 0 unspecified atom stereocenters. The fraction of sp³-hybridized carbons (Fsp3) is 0.733. The van der Waals surface area contributed by atoms with Gasteiger partial charge in [0.15, 0.2) is 0 Å². The first-order valence-corrected chi connectivity index (χ1v) is 8.46.